The van der Waals surface area contributed by atoms with Crippen molar-refractivity contribution in [2.24, 2.45) is 0 Å². The highest BCUT2D eigenvalue weighted by atomic mass is 19.1. The molecule has 0 saturated heterocycles. The predicted octanol–water partition coefficient (Wildman–Crippen LogP) is 5.34. The fourth-order valence-corrected chi connectivity index (χ4v) is 3.12. The third-order valence-electron chi connectivity index (χ3n) is 4.76. The van der Waals surface area contributed by atoms with E-state index in [-0.39, 0.29) is 17.4 Å². The fourth-order valence-electron chi connectivity index (χ4n) is 3.12. The first-order valence-corrected chi connectivity index (χ1v) is 9.14. The molecule has 1 aliphatic rings. The summed E-state index contributed by atoms with van der Waals surface area (Å²) in [5, 5.41) is 0. The van der Waals surface area contributed by atoms with E-state index in [1.807, 2.05) is 31.2 Å². The molecule has 0 amide bonds. The molecule has 0 atom stereocenters. The van der Waals surface area contributed by atoms with Crippen LogP contribution in [0.2, 0.25) is 0 Å². The molecule has 0 fully saturated rings. The minimum Gasteiger partial charge on any atom is -0.497 e. The second-order valence-corrected chi connectivity index (χ2v) is 6.69. The van der Waals surface area contributed by atoms with Gasteiger partial charge in [-0.1, -0.05) is 24.3 Å². The number of benzene rings is 3. The molecule has 5 heteroatoms. The van der Waals surface area contributed by atoms with Crippen molar-refractivity contribution >= 4 is 11.9 Å². The van der Waals surface area contributed by atoms with Gasteiger partial charge in [0.2, 0.25) is 5.78 Å². The molecule has 0 saturated carbocycles. The molecular weight excluding hydrogens is 371 g/mol. The quantitative estimate of drug-likeness (QED) is 0.552. The van der Waals surface area contributed by atoms with Crippen LogP contribution in [-0.2, 0) is 6.61 Å². The molecule has 0 aliphatic carbocycles. The van der Waals surface area contributed by atoms with Crippen LogP contribution >= 0.6 is 0 Å². The van der Waals surface area contributed by atoms with Crippen LogP contribution in [0.1, 0.15) is 27.0 Å². The number of rotatable bonds is 5. The third kappa shape index (κ3) is 3.85. The molecule has 3 aromatic rings. The summed E-state index contributed by atoms with van der Waals surface area (Å²) in [6.45, 7) is 2.24. The van der Waals surface area contributed by atoms with Crippen LogP contribution in [0.4, 0.5) is 4.39 Å². The largest absolute Gasteiger partial charge is 0.497 e. The Labute approximate surface area is 168 Å². The molecule has 4 nitrogen and oxygen atoms in total. The first kappa shape index (κ1) is 18.7. The molecule has 1 heterocycles. The third-order valence-corrected chi connectivity index (χ3v) is 4.76. The molecular formula is C24H19FO4. The smallest absolute Gasteiger partial charge is 0.231 e. The van der Waals surface area contributed by atoms with E-state index >= 15 is 0 Å². The summed E-state index contributed by atoms with van der Waals surface area (Å²) in [6, 6.07) is 17.0. The zero-order chi connectivity index (χ0) is 20.4. The van der Waals surface area contributed by atoms with Gasteiger partial charge in [-0.15, -0.1) is 0 Å². The number of carbonyl (C=O) groups is 1. The van der Waals surface area contributed by atoms with E-state index in [9.17, 15) is 9.18 Å². The number of ether oxygens (including phenoxy) is 3. The van der Waals surface area contributed by atoms with Gasteiger partial charge >= 0.3 is 0 Å². The Kier molecular flexibility index (Phi) is 5.04. The lowest BCUT2D eigenvalue weighted by atomic mass is 10.1. The second-order valence-electron chi connectivity index (χ2n) is 6.69. The van der Waals surface area contributed by atoms with Gasteiger partial charge in [0.05, 0.1) is 12.7 Å². The number of hydrogen-bond acceptors (Lipinski definition) is 4. The summed E-state index contributed by atoms with van der Waals surface area (Å²) in [5.41, 5.74) is 2.94. The summed E-state index contributed by atoms with van der Waals surface area (Å²) in [4.78, 5) is 12.7. The summed E-state index contributed by atoms with van der Waals surface area (Å²) < 4.78 is 30.0. The number of halogens is 1. The van der Waals surface area contributed by atoms with Gasteiger partial charge in [-0.05, 0) is 60.5 Å². The first-order chi connectivity index (χ1) is 14.0. The summed E-state index contributed by atoms with van der Waals surface area (Å²) in [6.07, 6.45) is 1.61. The van der Waals surface area contributed by atoms with Crippen LogP contribution in [0, 0.1) is 12.7 Å². The normalized spacial score (nSPS) is 13.9. The van der Waals surface area contributed by atoms with Crippen LogP contribution in [0.5, 0.6) is 17.2 Å². The summed E-state index contributed by atoms with van der Waals surface area (Å²) >= 11 is 0. The number of allylic oxidation sites excluding steroid dienone is 1. The maximum atomic E-state index is 13.1. The number of methoxy groups -OCH3 is 1. The fraction of sp³-hybridized carbons (Fsp3) is 0.125. The zero-order valence-electron chi connectivity index (χ0n) is 16.1. The van der Waals surface area contributed by atoms with Crippen molar-refractivity contribution < 1.29 is 23.4 Å². The number of Topliss-reactive ketones (excluding diaryl/α,β-unsaturated/α-hetero) is 1. The SMILES string of the molecule is COc1ccc(COc2ccc3c(c2C)O/C(=C\c2ccc(F)cc2)C3=O)cc1. The monoisotopic (exact) mass is 390 g/mol. The van der Waals surface area contributed by atoms with Gasteiger partial charge in [0.1, 0.15) is 29.7 Å². The van der Waals surface area contributed by atoms with Crippen molar-refractivity contribution in [2.45, 2.75) is 13.5 Å². The van der Waals surface area contributed by atoms with Crippen molar-refractivity contribution in [3.63, 3.8) is 0 Å². The Morgan fingerprint density at radius 2 is 1.72 bits per heavy atom. The molecule has 3 aromatic carbocycles. The highest BCUT2D eigenvalue weighted by Crippen LogP contribution is 2.39. The van der Waals surface area contributed by atoms with Crippen molar-refractivity contribution in [3.8, 4) is 17.2 Å². The van der Waals surface area contributed by atoms with Crippen molar-refractivity contribution in [1.29, 1.82) is 0 Å². The molecule has 4 rings (SSSR count). The van der Waals surface area contributed by atoms with Crippen LogP contribution in [-0.4, -0.2) is 12.9 Å². The van der Waals surface area contributed by atoms with Gasteiger partial charge in [0.25, 0.3) is 0 Å². The van der Waals surface area contributed by atoms with E-state index in [1.54, 1.807) is 37.5 Å². The van der Waals surface area contributed by atoms with Crippen molar-refractivity contribution in [2.75, 3.05) is 7.11 Å². The van der Waals surface area contributed by atoms with E-state index < -0.39 is 0 Å². The lowest BCUT2D eigenvalue weighted by Gasteiger charge is -2.12. The van der Waals surface area contributed by atoms with E-state index in [0.717, 1.165) is 16.9 Å². The minimum absolute atomic E-state index is 0.200. The lowest BCUT2D eigenvalue weighted by Crippen LogP contribution is -1.98. The highest BCUT2D eigenvalue weighted by Gasteiger charge is 2.30. The number of ketones is 1. The van der Waals surface area contributed by atoms with E-state index in [0.29, 0.717) is 29.2 Å². The summed E-state index contributed by atoms with van der Waals surface area (Å²) in [7, 11) is 1.62. The molecule has 0 bridgehead atoms. The highest BCUT2D eigenvalue weighted by molar-refractivity contribution is 6.14. The average molecular weight is 390 g/mol. The number of carbonyl (C=O) groups excluding carboxylic acids is 1. The molecule has 29 heavy (non-hydrogen) atoms. The summed E-state index contributed by atoms with van der Waals surface area (Å²) in [5.74, 6) is 1.61. The van der Waals surface area contributed by atoms with Crippen molar-refractivity contribution in [1.82, 2.24) is 0 Å². The average Bonchev–Trinajstić information content (AvgIpc) is 3.06. The molecule has 0 unspecified atom stereocenters. The van der Waals surface area contributed by atoms with Crippen LogP contribution in [0.15, 0.2) is 66.4 Å². The molecule has 0 spiro atoms. The topological polar surface area (TPSA) is 44.8 Å². The van der Waals surface area contributed by atoms with Crippen LogP contribution < -0.4 is 14.2 Å². The van der Waals surface area contributed by atoms with E-state index in [1.165, 1.54) is 12.1 Å². The number of hydrogen-bond donors (Lipinski definition) is 0. The Balaban J connectivity index is 1.53. The van der Waals surface area contributed by atoms with Gasteiger partial charge in [-0.2, -0.15) is 0 Å². The van der Waals surface area contributed by atoms with Gasteiger partial charge in [-0.25, -0.2) is 4.39 Å². The lowest BCUT2D eigenvalue weighted by molar-refractivity contribution is 0.101. The zero-order valence-corrected chi connectivity index (χ0v) is 16.1. The van der Waals surface area contributed by atoms with Crippen LogP contribution in [0.3, 0.4) is 0 Å². The van der Waals surface area contributed by atoms with Crippen LogP contribution in [0.25, 0.3) is 6.08 Å². The minimum atomic E-state index is -0.330. The standard InChI is InChI=1S/C24H19FO4/c1-15-21(28-14-17-5-9-19(27-2)10-6-17)12-11-20-23(26)22(29-24(15)20)13-16-3-7-18(25)8-4-16/h3-13H,14H2,1-2H3/b22-13-. The van der Waals surface area contributed by atoms with Gasteiger partial charge < -0.3 is 14.2 Å². The molecule has 0 aromatic heterocycles. The molecule has 1 aliphatic heterocycles. The molecule has 146 valence electrons. The first-order valence-electron chi connectivity index (χ1n) is 9.14. The Hall–Kier alpha value is -3.60. The van der Waals surface area contributed by atoms with Crippen molar-refractivity contribution in [3.05, 3.63) is 94.5 Å². The van der Waals surface area contributed by atoms with Gasteiger partial charge in [0, 0.05) is 5.56 Å². The number of fused-ring (bicyclic) bond motifs is 1. The maximum absolute atomic E-state index is 13.1. The molecule has 0 radical (unpaired) electrons. The second kappa shape index (κ2) is 7.80. The van der Waals surface area contributed by atoms with E-state index in [4.69, 9.17) is 14.2 Å². The van der Waals surface area contributed by atoms with Gasteiger partial charge in [-0.3, -0.25) is 4.79 Å². The Morgan fingerprint density at radius 1 is 1.00 bits per heavy atom. The predicted molar refractivity (Wildman–Crippen MR) is 108 cm³/mol. The Morgan fingerprint density at radius 3 is 2.41 bits per heavy atom. The van der Waals surface area contributed by atoms with Gasteiger partial charge in [0.15, 0.2) is 5.76 Å². The maximum Gasteiger partial charge on any atom is 0.231 e. The van der Waals surface area contributed by atoms with E-state index in [2.05, 4.69) is 0 Å². The Bertz CT molecular complexity index is 1080. The molecule has 0 N–H and O–H groups in total.